The van der Waals surface area contributed by atoms with Crippen LogP contribution in [0.5, 0.6) is 0 Å². The predicted octanol–water partition coefficient (Wildman–Crippen LogP) is 1.21. The highest BCUT2D eigenvalue weighted by Crippen LogP contribution is 1.92. The Bertz CT molecular complexity index is 299. The summed E-state index contributed by atoms with van der Waals surface area (Å²) < 4.78 is 6.90. The zero-order valence-electron chi connectivity index (χ0n) is 10.4. The molecule has 5 heteroatoms. The van der Waals surface area contributed by atoms with Crippen molar-refractivity contribution in [3.8, 4) is 0 Å². The number of aromatic nitrogens is 2. The minimum atomic E-state index is -0.104. The second-order valence-electron chi connectivity index (χ2n) is 3.81. The molecule has 0 amide bonds. The van der Waals surface area contributed by atoms with Crippen LogP contribution in [0, 0.1) is 0 Å². The summed E-state index contributed by atoms with van der Waals surface area (Å²) in [5, 5.41) is 3.30. The van der Waals surface area contributed by atoms with E-state index < -0.39 is 0 Å². The Hall–Kier alpha value is -1.36. The van der Waals surface area contributed by atoms with Crippen LogP contribution in [0.4, 0.5) is 0 Å². The van der Waals surface area contributed by atoms with Gasteiger partial charge in [-0.2, -0.15) is 0 Å². The molecule has 0 saturated carbocycles. The van der Waals surface area contributed by atoms with Crippen LogP contribution in [0.25, 0.3) is 0 Å². The number of esters is 1. The maximum Gasteiger partial charge on any atom is 0.305 e. The molecule has 0 atom stereocenters. The van der Waals surface area contributed by atoms with Crippen molar-refractivity contribution in [2.24, 2.45) is 0 Å². The fourth-order valence-corrected chi connectivity index (χ4v) is 1.52. The summed E-state index contributed by atoms with van der Waals surface area (Å²) in [7, 11) is 0. The van der Waals surface area contributed by atoms with E-state index in [1.807, 2.05) is 19.4 Å². The minimum Gasteiger partial charge on any atom is -0.466 e. The molecule has 0 saturated heterocycles. The Labute approximate surface area is 102 Å². The molecule has 17 heavy (non-hydrogen) atoms. The number of hydrogen-bond acceptors (Lipinski definition) is 4. The van der Waals surface area contributed by atoms with Crippen molar-refractivity contribution in [2.45, 2.75) is 32.7 Å². The molecule has 1 rings (SSSR count). The number of nitrogens with zero attached hydrogens (tertiary/aromatic N) is 2. The number of imidazole rings is 1. The summed E-state index contributed by atoms with van der Waals surface area (Å²) >= 11 is 0. The topological polar surface area (TPSA) is 56.1 Å². The fourth-order valence-electron chi connectivity index (χ4n) is 1.52. The number of hydrogen-bond donors (Lipinski definition) is 1. The number of rotatable bonds is 9. The van der Waals surface area contributed by atoms with Gasteiger partial charge in [0.1, 0.15) is 0 Å². The molecule has 0 aromatic carbocycles. The third-order valence-corrected chi connectivity index (χ3v) is 2.37. The molecule has 1 aromatic rings. The van der Waals surface area contributed by atoms with Gasteiger partial charge in [-0.1, -0.05) is 0 Å². The van der Waals surface area contributed by atoms with Crippen LogP contribution >= 0.6 is 0 Å². The van der Waals surface area contributed by atoms with Gasteiger partial charge in [-0.3, -0.25) is 4.79 Å². The first-order valence-corrected chi connectivity index (χ1v) is 6.15. The number of ether oxygens (including phenoxy) is 1. The lowest BCUT2D eigenvalue weighted by Gasteiger charge is -2.05. The lowest BCUT2D eigenvalue weighted by Crippen LogP contribution is -2.19. The predicted molar refractivity (Wildman–Crippen MR) is 65.6 cm³/mol. The summed E-state index contributed by atoms with van der Waals surface area (Å²) in [6.07, 6.45) is 7.97. The van der Waals surface area contributed by atoms with Crippen molar-refractivity contribution in [2.75, 3.05) is 19.7 Å². The maximum atomic E-state index is 11.0. The quantitative estimate of drug-likeness (QED) is 0.520. The molecule has 96 valence electrons. The van der Waals surface area contributed by atoms with E-state index in [9.17, 15) is 4.79 Å². The van der Waals surface area contributed by atoms with E-state index in [0.29, 0.717) is 13.0 Å². The van der Waals surface area contributed by atoms with Crippen LogP contribution in [-0.4, -0.2) is 35.2 Å². The molecule has 0 aliphatic heterocycles. The summed E-state index contributed by atoms with van der Waals surface area (Å²) in [5.41, 5.74) is 0. The van der Waals surface area contributed by atoms with Crippen LogP contribution in [0.15, 0.2) is 18.7 Å². The average Bonchev–Trinajstić information content (AvgIpc) is 2.81. The van der Waals surface area contributed by atoms with Crippen LogP contribution in [0.3, 0.4) is 0 Å². The molecule has 0 spiro atoms. The zero-order chi connectivity index (χ0) is 12.3. The molecular weight excluding hydrogens is 218 g/mol. The number of carbonyl (C=O) groups is 1. The van der Waals surface area contributed by atoms with Crippen molar-refractivity contribution in [3.63, 3.8) is 0 Å². The van der Waals surface area contributed by atoms with Crippen LogP contribution < -0.4 is 5.32 Å². The van der Waals surface area contributed by atoms with Crippen LogP contribution in [0.2, 0.25) is 0 Å². The third-order valence-electron chi connectivity index (χ3n) is 2.37. The fraction of sp³-hybridized carbons (Fsp3) is 0.667. The molecule has 0 fully saturated rings. The summed E-state index contributed by atoms with van der Waals surface area (Å²) in [5.74, 6) is -0.104. The molecule has 0 bridgehead atoms. The molecular formula is C12H21N3O2. The molecule has 1 aromatic heterocycles. The Morgan fingerprint density at radius 1 is 1.41 bits per heavy atom. The Morgan fingerprint density at radius 3 is 2.94 bits per heavy atom. The van der Waals surface area contributed by atoms with Gasteiger partial charge in [0.05, 0.1) is 12.9 Å². The number of nitrogens with one attached hydrogen (secondary N) is 1. The molecule has 0 aliphatic carbocycles. The Kier molecular flexibility index (Phi) is 7.06. The number of carbonyl (C=O) groups excluding carboxylic acids is 1. The van der Waals surface area contributed by atoms with Gasteiger partial charge in [-0.15, -0.1) is 0 Å². The smallest absolute Gasteiger partial charge is 0.305 e. The second-order valence-corrected chi connectivity index (χ2v) is 3.81. The maximum absolute atomic E-state index is 11.0. The molecule has 1 N–H and O–H groups in total. The Balaban J connectivity index is 1.86. The monoisotopic (exact) mass is 239 g/mol. The summed E-state index contributed by atoms with van der Waals surface area (Å²) in [6.45, 7) is 5.10. The lowest BCUT2D eigenvalue weighted by molar-refractivity contribution is -0.143. The van der Waals surface area contributed by atoms with Crippen molar-refractivity contribution in [3.05, 3.63) is 18.7 Å². The highest BCUT2D eigenvalue weighted by Gasteiger charge is 1.99. The molecule has 0 unspecified atom stereocenters. The molecule has 0 radical (unpaired) electrons. The van der Waals surface area contributed by atoms with E-state index in [2.05, 4.69) is 14.9 Å². The average molecular weight is 239 g/mol. The van der Waals surface area contributed by atoms with Gasteiger partial charge < -0.3 is 14.6 Å². The van der Waals surface area contributed by atoms with E-state index in [1.165, 1.54) is 0 Å². The highest BCUT2D eigenvalue weighted by atomic mass is 16.5. The van der Waals surface area contributed by atoms with Gasteiger partial charge in [0.2, 0.25) is 0 Å². The first kappa shape index (κ1) is 13.7. The Morgan fingerprint density at radius 2 is 2.24 bits per heavy atom. The molecule has 5 nitrogen and oxygen atoms in total. The van der Waals surface area contributed by atoms with E-state index in [1.54, 1.807) is 6.20 Å². The normalized spacial score (nSPS) is 10.4. The molecule has 1 heterocycles. The van der Waals surface area contributed by atoms with Gasteiger partial charge >= 0.3 is 5.97 Å². The minimum absolute atomic E-state index is 0.104. The third kappa shape index (κ3) is 6.73. The highest BCUT2D eigenvalue weighted by molar-refractivity contribution is 5.69. The largest absolute Gasteiger partial charge is 0.466 e. The van der Waals surface area contributed by atoms with Crippen molar-refractivity contribution in [1.29, 1.82) is 0 Å². The van der Waals surface area contributed by atoms with E-state index in [0.717, 1.165) is 32.5 Å². The van der Waals surface area contributed by atoms with Crippen molar-refractivity contribution in [1.82, 2.24) is 14.9 Å². The van der Waals surface area contributed by atoms with Gasteiger partial charge in [-0.05, 0) is 32.9 Å². The van der Waals surface area contributed by atoms with Gasteiger partial charge in [0, 0.05) is 25.4 Å². The molecule has 0 aliphatic rings. The van der Waals surface area contributed by atoms with Crippen LogP contribution in [0.1, 0.15) is 26.2 Å². The second kappa shape index (κ2) is 8.75. The van der Waals surface area contributed by atoms with Crippen LogP contribution in [-0.2, 0) is 16.1 Å². The van der Waals surface area contributed by atoms with E-state index in [4.69, 9.17) is 4.74 Å². The number of aryl methyl sites for hydroxylation is 1. The standard InChI is InChI=1S/C12H21N3O2/c1-2-17-12(16)5-3-6-13-7-4-9-15-10-8-14-11-15/h8,10-11,13H,2-7,9H2,1H3. The van der Waals surface area contributed by atoms with Gasteiger partial charge in [0.25, 0.3) is 0 Å². The van der Waals surface area contributed by atoms with Crippen molar-refractivity contribution >= 4 is 5.97 Å². The SMILES string of the molecule is CCOC(=O)CCCNCCCn1ccnc1. The van der Waals surface area contributed by atoms with E-state index in [-0.39, 0.29) is 5.97 Å². The van der Waals surface area contributed by atoms with Crippen molar-refractivity contribution < 1.29 is 9.53 Å². The van der Waals surface area contributed by atoms with E-state index >= 15 is 0 Å². The van der Waals surface area contributed by atoms with Gasteiger partial charge in [0.15, 0.2) is 0 Å². The summed E-state index contributed by atoms with van der Waals surface area (Å²) in [6, 6.07) is 0. The zero-order valence-corrected chi connectivity index (χ0v) is 10.4. The first-order chi connectivity index (χ1) is 8.33. The lowest BCUT2D eigenvalue weighted by atomic mass is 10.3. The summed E-state index contributed by atoms with van der Waals surface area (Å²) in [4.78, 5) is 15.0. The van der Waals surface area contributed by atoms with Gasteiger partial charge in [-0.25, -0.2) is 4.98 Å². The first-order valence-electron chi connectivity index (χ1n) is 6.15.